The van der Waals surface area contributed by atoms with E-state index in [4.69, 9.17) is 9.47 Å². The lowest BCUT2D eigenvalue weighted by atomic mass is 10.4. The fourth-order valence-corrected chi connectivity index (χ4v) is 0.842. The molecule has 1 rings (SSSR count). The average molecular weight is 195 g/mol. The molecule has 0 unspecified atom stereocenters. The van der Waals surface area contributed by atoms with E-state index in [1.807, 2.05) is 0 Å². The summed E-state index contributed by atoms with van der Waals surface area (Å²) < 4.78 is 9.49. The predicted molar refractivity (Wildman–Crippen MR) is 46.9 cm³/mol. The lowest BCUT2D eigenvalue weighted by molar-refractivity contribution is -0.132. The van der Waals surface area contributed by atoms with Gasteiger partial charge < -0.3 is 9.47 Å². The number of aromatic nitrogens is 1. The third-order valence-corrected chi connectivity index (χ3v) is 1.21. The highest BCUT2D eigenvalue weighted by molar-refractivity contribution is 5.70. The maximum absolute atomic E-state index is 10.6. The Bertz CT molecular complexity index is 330. The van der Waals surface area contributed by atoms with Crippen molar-refractivity contribution in [2.45, 2.75) is 13.8 Å². The van der Waals surface area contributed by atoms with Crippen LogP contribution >= 0.6 is 0 Å². The van der Waals surface area contributed by atoms with E-state index < -0.39 is 11.9 Å². The summed E-state index contributed by atoms with van der Waals surface area (Å²) in [5.41, 5.74) is 0. The van der Waals surface area contributed by atoms with E-state index in [9.17, 15) is 9.59 Å². The van der Waals surface area contributed by atoms with Crippen LogP contribution in [0.3, 0.4) is 0 Å². The number of pyridine rings is 1. The van der Waals surface area contributed by atoms with E-state index in [-0.39, 0.29) is 11.5 Å². The molecule has 0 bridgehead atoms. The number of carbonyl (C=O) groups is 2. The van der Waals surface area contributed by atoms with Crippen molar-refractivity contribution in [2.24, 2.45) is 0 Å². The van der Waals surface area contributed by atoms with Crippen molar-refractivity contribution in [3.63, 3.8) is 0 Å². The van der Waals surface area contributed by atoms with Gasteiger partial charge in [-0.1, -0.05) is 0 Å². The van der Waals surface area contributed by atoms with Gasteiger partial charge in [-0.15, -0.1) is 0 Å². The molecule has 0 radical (unpaired) electrons. The summed E-state index contributed by atoms with van der Waals surface area (Å²) in [4.78, 5) is 24.9. The molecule has 1 heterocycles. The lowest BCUT2D eigenvalue weighted by Gasteiger charge is -2.03. The van der Waals surface area contributed by atoms with Crippen LogP contribution in [-0.2, 0) is 9.59 Å². The lowest BCUT2D eigenvalue weighted by Crippen LogP contribution is -2.04. The van der Waals surface area contributed by atoms with Crippen molar-refractivity contribution in [1.82, 2.24) is 4.98 Å². The molecule has 74 valence electrons. The Morgan fingerprint density at radius 3 is 1.86 bits per heavy atom. The Morgan fingerprint density at radius 1 is 1.07 bits per heavy atom. The molecule has 14 heavy (non-hydrogen) atoms. The molecule has 0 aliphatic heterocycles. The molecule has 1 aromatic heterocycles. The summed E-state index contributed by atoms with van der Waals surface area (Å²) in [5, 5.41) is 0. The minimum Gasteiger partial charge on any atom is -0.425 e. The minimum atomic E-state index is -0.452. The van der Waals surface area contributed by atoms with Crippen LogP contribution in [0, 0.1) is 0 Å². The van der Waals surface area contributed by atoms with Gasteiger partial charge in [0.25, 0.3) is 0 Å². The van der Waals surface area contributed by atoms with Crippen LogP contribution in [0.15, 0.2) is 18.5 Å². The number of esters is 2. The molecule has 0 aliphatic carbocycles. The fourth-order valence-electron chi connectivity index (χ4n) is 0.842. The summed E-state index contributed by atoms with van der Waals surface area (Å²) in [5.74, 6) is -0.411. The first-order valence-electron chi connectivity index (χ1n) is 3.90. The van der Waals surface area contributed by atoms with E-state index in [0.29, 0.717) is 0 Å². The number of nitrogens with zero attached hydrogens (tertiary/aromatic N) is 1. The highest BCUT2D eigenvalue weighted by Gasteiger charge is 2.02. The van der Waals surface area contributed by atoms with Gasteiger partial charge in [0.1, 0.15) is 0 Å². The van der Waals surface area contributed by atoms with Gasteiger partial charge in [0.05, 0.1) is 12.4 Å². The van der Waals surface area contributed by atoms with Crippen molar-refractivity contribution in [2.75, 3.05) is 0 Å². The Kier molecular flexibility index (Phi) is 3.17. The van der Waals surface area contributed by atoms with Crippen LogP contribution in [0.25, 0.3) is 0 Å². The van der Waals surface area contributed by atoms with Crippen LogP contribution in [0.4, 0.5) is 0 Å². The second kappa shape index (κ2) is 4.36. The van der Waals surface area contributed by atoms with Crippen LogP contribution < -0.4 is 9.47 Å². The quantitative estimate of drug-likeness (QED) is 0.657. The third-order valence-electron chi connectivity index (χ3n) is 1.21. The first-order chi connectivity index (χ1) is 6.58. The normalized spacial score (nSPS) is 9.29. The topological polar surface area (TPSA) is 65.5 Å². The minimum absolute atomic E-state index is 0.247. The maximum Gasteiger partial charge on any atom is 0.308 e. The number of rotatable bonds is 2. The molecule has 5 heteroatoms. The number of carbonyl (C=O) groups excluding carboxylic acids is 2. The Balaban J connectivity index is 2.78. The van der Waals surface area contributed by atoms with Gasteiger partial charge in [-0.05, 0) is 0 Å². The molecule has 0 saturated carbocycles. The molecule has 5 nitrogen and oxygen atoms in total. The van der Waals surface area contributed by atoms with Crippen LogP contribution in [0.1, 0.15) is 13.8 Å². The van der Waals surface area contributed by atoms with E-state index in [2.05, 4.69) is 4.98 Å². The van der Waals surface area contributed by atoms with Gasteiger partial charge in [-0.25, -0.2) is 0 Å². The highest BCUT2D eigenvalue weighted by atomic mass is 16.5. The first kappa shape index (κ1) is 10.2. The van der Waals surface area contributed by atoms with Crippen LogP contribution in [0.5, 0.6) is 11.5 Å². The Morgan fingerprint density at radius 2 is 1.50 bits per heavy atom. The second-order valence-electron chi connectivity index (χ2n) is 2.54. The monoisotopic (exact) mass is 195 g/mol. The summed E-state index contributed by atoms with van der Waals surface area (Å²) >= 11 is 0. The molecule has 0 aromatic carbocycles. The summed E-state index contributed by atoms with van der Waals surface area (Å²) in [6.45, 7) is 2.55. The van der Waals surface area contributed by atoms with E-state index in [1.54, 1.807) is 0 Å². The molecular weight excluding hydrogens is 186 g/mol. The second-order valence-corrected chi connectivity index (χ2v) is 2.54. The molecular formula is C9H9NO4. The zero-order valence-electron chi connectivity index (χ0n) is 7.81. The molecule has 0 spiro atoms. The Labute approximate surface area is 80.7 Å². The average Bonchev–Trinajstić information content (AvgIpc) is 2.01. The first-order valence-corrected chi connectivity index (χ1v) is 3.90. The van der Waals surface area contributed by atoms with Gasteiger partial charge in [0.15, 0.2) is 11.5 Å². The summed E-state index contributed by atoms with van der Waals surface area (Å²) in [6.07, 6.45) is 2.71. The number of ether oxygens (including phenoxy) is 2. The van der Waals surface area contributed by atoms with Crippen molar-refractivity contribution in [1.29, 1.82) is 0 Å². The number of hydrogen-bond acceptors (Lipinski definition) is 5. The fraction of sp³-hybridized carbons (Fsp3) is 0.222. The van der Waals surface area contributed by atoms with Crippen molar-refractivity contribution < 1.29 is 19.1 Å². The molecule has 0 atom stereocenters. The molecule has 0 amide bonds. The molecule has 0 aliphatic rings. The van der Waals surface area contributed by atoms with Gasteiger partial charge in [-0.2, -0.15) is 0 Å². The largest absolute Gasteiger partial charge is 0.425 e. The third kappa shape index (κ3) is 3.22. The van der Waals surface area contributed by atoms with Crippen LogP contribution in [-0.4, -0.2) is 16.9 Å². The smallest absolute Gasteiger partial charge is 0.308 e. The zero-order valence-corrected chi connectivity index (χ0v) is 7.81. The Hall–Kier alpha value is -1.91. The van der Waals surface area contributed by atoms with Gasteiger partial charge >= 0.3 is 11.9 Å². The highest BCUT2D eigenvalue weighted by Crippen LogP contribution is 2.17. The SMILES string of the molecule is CC(=O)Oc1cncc(OC(C)=O)c1. The van der Waals surface area contributed by atoms with Crippen molar-refractivity contribution in [3.05, 3.63) is 18.5 Å². The molecule has 0 saturated heterocycles. The maximum atomic E-state index is 10.6. The van der Waals surface area contributed by atoms with E-state index in [1.165, 1.54) is 32.3 Å². The van der Waals surface area contributed by atoms with Crippen LogP contribution in [0.2, 0.25) is 0 Å². The van der Waals surface area contributed by atoms with Gasteiger partial charge in [0, 0.05) is 19.9 Å². The zero-order chi connectivity index (χ0) is 10.6. The predicted octanol–water partition coefficient (Wildman–Crippen LogP) is 0.932. The van der Waals surface area contributed by atoms with Gasteiger partial charge in [-0.3, -0.25) is 14.6 Å². The van der Waals surface area contributed by atoms with Crippen molar-refractivity contribution in [3.8, 4) is 11.5 Å². The summed E-state index contributed by atoms with van der Waals surface area (Å²) in [6, 6.07) is 1.41. The van der Waals surface area contributed by atoms with Gasteiger partial charge in [0.2, 0.25) is 0 Å². The molecule has 0 N–H and O–H groups in total. The van der Waals surface area contributed by atoms with E-state index >= 15 is 0 Å². The number of hydrogen-bond donors (Lipinski definition) is 0. The summed E-state index contributed by atoms with van der Waals surface area (Å²) in [7, 11) is 0. The van der Waals surface area contributed by atoms with Crippen molar-refractivity contribution >= 4 is 11.9 Å². The van der Waals surface area contributed by atoms with E-state index in [0.717, 1.165) is 0 Å². The standard InChI is InChI=1S/C9H9NO4/c1-6(11)13-8-3-9(5-10-4-8)14-7(2)12/h3-5H,1-2H3. The molecule has 0 fully saturated rings. The molecule has 1 aromatic rings.